The summed E-state index contributed by atoms with van der Waals surface area (Å²) >= 11 is 0. The van der Waals surface area contributed by atoms with Crippen LogP contribution in [0.25, 0.3) is 5.70 Å². The molecule has 0 saturated carbocycles. The van der Waals surface area contributed by atoms with Crippen LogP contribution < -0.4 is 5.32 Å². The molecule has 4 heteroatoms. The summed E-state index contributed by atoms with van der Waals surface area (Å²) in [5.74, 6) is 0.627. The normalized spacial score (nSPS) is 9.55. The molecule has 0 atom stereocenters. The first kappa shape index (κ1) is 7.81. The van der Waals surface area contributed by atoms with Gasteiger partial charge >= 0.3 is 0 Å². The summed E-state index contributed by atoms with van der Waals surface area (Å²) in [5, 5.41) is 6.42. The van der Waals surface area contributed by atoms with E-state index in [1.54, 1.807) is 19.4 Å². The van der Waals surface area contributed by atoms with Crippen LogP contribution >= 0.6 is 0 Å². The van der Waals surface area contributed by atoms with E-state index >= 15 is 0 Å². The highest BCUT2D eigenvalue weighted by atomic mass is 16.5. The molecule has 11 heavy (non-hydrogen) atoms. The zero-order valence-electron chi connectivity index (χ0n) is 6.33. The minimum atomic E-state index is 0. The minimum Gasteiger partial charge on any atom is -0.365 e. The van der Waals surface area contributed by atoms with Gasteiger partial charge in [-0.15, -0.1) is 0 Å². The summed E-state index contributed by atoms with van der Waals surface area (Å²) in [6.45, 7) is 4.13. The van der Waals surface area contributed by atoms with E-state index in [9.17, 15) is 0 Å². The molecular formula is C7H12N2O2. The van der Waals surface area contributed by atoms with Crippen molar-refractivity contribution in [1.82, 2.24) is 10.5 Å². The van der Waals surface area contributed by atoms with E-state index in [0.717, 1.165) is 0 Å². The Labute approximate surface area is 66.3 Å². The second kappa shape index (κ2) is 3.78. The average Bonchev–Trinajstić information content (AvgIpc) is 2.52. The van der Waals surface area contributed by atoms with E-state index < -0.39 is 0 Å². The van der Waals surface area contributed by atoms with E-state index in [-0.39, 0.29) is 1.43 Å². The van der Waals surface area contributed by atoms with Crippen LogP contribution in [0.1, 0.15) is 7.19 Å². The predicted molar refractivity (Wildman–Crippen MR) is 42.7 cm³/mol. The lowest BCUT2D eigenvalue weighted by molar-refractivity contribution is 0.189. The lowest BCUT2D eigenvalue weighted by Gasteiger charge is -2.03. The van der Waals surface area contributed by atoms with Gasteiger partial charge in [0.2, 0.25) is 0 Å². The molecule has 0 aromatic carbocycles. The molecule has 0 fully saturated rings. The highest BCUT2D eigenvalue weighted by Gasteiger charge is 1.99. The van der Waals surface area contributed by atoms with Crippen molar-refractivity contribution in [1.29, 1.82) is 0 Å². The van der Waals surface area contributed by atoms with Crippen LogP contribution in [-0.2, 0) is 4.74 Å². The van der Waals surface area contributed by atoms with Gasteiger partial charge in [-0.2, -0.15) is 0 Å². The van der Waals surface area contributed by atoms with Gasteiger partial charge in [0, 0.05) is 14.6 Å². The highest BCUT2D eigenvalue weighted by molar-refractivity contribution is 5.55. The third-order valence-corrected chi connectivity index (χ3v) is 1.17. The van der Waals surface area contributed by atoms with E-state index in [4.69, 9.17) is 9.26 Å². The first-order valence-corrected chi connectivity index (χ1v) is 3.17. The van der Waals surface area contributed by atoms with Gasteiger partial charge in [-0.3, -0.25) is 0 Å². The fourth-order valence-electron chi connectivity index (χ4n) is 0.618. The number of nitrogens with one attached hydrogen (secondary N) is 1. The number of ether oxygens (including phenoxy) is 1. The molecule has 1 aromatic heterocycles. The molecule has 1 aromatic rings. The summed E-state index contributed by atoms with van der Waals surface area (Å²) < 4.78 is 9.60. The van der Waals surface area contributed by atoms with E-state index in [0.29, 0.717) is 18.2 Å². The van der Waals surface area contributed by atoms with Crippen molar-refractivity contribution in [2.45, 2.75) is 0 Å². The summed E-state index contributed by atoms with van der Waals surface area (Å²) in [7, 11) is 1.60. The van der Waals surface area contributed by atoms with Crippen molar-refractivity contribution in [3.8, 4) is 0 Å². The first-order valence-electron chi connectivity index (χ1n) is 3.17. The zero-order valence-corrected chi connectivity index (χ0v) is 6.33. The Bertz CT molecular complexity index is 223. The maximum Gasteiger partial charge on any atom is 0.182 e. The number of aromatic nitrogens is 1. The van der Waals surface area contributed by atoms with Crippen LogP contribution in [0.15, 0.2) is 23.4 Å². The number of methoxy groups -OCH3 is 1. The smallest absolute Gasteiger partial charge is 0.182 e. The lowest BCUT2D eigenvalue weighted by Crippen LogP contribution is -2.13. The first-order chi connectivity index (χ1) is 5.34. The molecule has 0 spiro atoms. The van der Waals surface area contributed by atoms with Crippen molar-refractivity contribution >= 4 is 5.70 Å². The molecule has 1 N–H and O–H groups in total. The van der Waals surface area contributed by atoms with Gasteiger partial charge in [0.15, 0.2) is 5.76 Å². The van der Waals surface area contributed by atoms with Crippen molar-refractivity contribution in [3.63, 3.8) is 0 Å². The molecule has 0 aliphatic carbocycles. The molecule has 0 bridgehead atoms. The fourth-order valence-corrected chi connectivity index (χ4v) is 0.618. The van der Waals surface area contributed by atoms with Crippen LogP contribution in [0, 0.1) is 0 Å². The van der Waals surface area contributed by atoms with Gasteiger partial charge in [0.25, 0.3) is 0 Å². The molecule has 0 aliphatic rings. The molecule has 62 valence electrons. The SMILES string of the molecule is C=C(NCOC)c1ccno1.[HH]. The van der Waals surface area contributed by atoms with Gasteiger partial charge in [-0.1, -0.05) is 11.7 Å². The van der Waals surface area contributed by atoms with Crippen LogP contribution in [0.5, 0.6) is 0 Å². The number of hydrogen-bond donors (Lipinski definition) is 1. The van der Waals surface area contributed by atoms with Gasteiger partial charge in [0.1, 0.15) is 6.73 Å². The second-order valence-electron chi connectivity index (χ2n) is 1.97. The average molecular weight is 156 g/mol. The van der Waals surface area contributed by atoms with Gasteiger partial charge < -0.3 is 14.6 Å². The molecule has 1 heterocycles. The Morgan fingerprint density at radius 2 is 2.82 bits per heavy atom. The predicted octanol–water partition coefficient (Wildman–Crippen LogP) is 1.08. The Morgan fingerprint density at radius 3 is 3.36 bits per heavy atom. The van der Waals surface area contributed by atoms with Gasteiger partial charge in [0.05, 0.1) is 11.9 Å². The summed E-state index contributed by atoms with van der Waals surface area (Å²) in [5.41, 5.74) is 0.671. The molecule has 0 saturated heterocycles. The number of nitrogens with zero attached hydrogens (tertiary/aromatic N) is 1. The zero-order chi connectivity index (χ0) is 8.10. The number of rotatable bonds is 4. The Kier molecular flexibility index (Phi) is 2.68. The standard InChI is InChI=1S/C7H10N2O2.H2/c1-6(8-5-10-2)7-3-4-9-11-7;/h3-4,8H,1,5H2,2H3;1H. The van der Waals surface area contributed by atoms with Crippen molar-refractivity contribution in [2.75, 3.05) is 13.8 Å². The second-order valence-corrected chi connectivity index (χ2v) is 1.97. The third-order valence-electron chi connectivity index (χ3n) is 1.17. The lowest BCUT2D eigenvalue weighted by atomic mass is 10.4. The van der Waals surface area contributed by atoms with E-state index in [1.807, 2.05) is 0 Å². The largest absolute Gasteiger partial charge is 0.365 e. The third kappa shape index (κ3) is 2.09. The van der Waals surface area contributed by atoms with Crippen LogP contribution in [0.4, 0.5) is 0 Å². The van der Waals surface area contributed by atoms with E-state index in [2.05, 4.69) is 17.1 Å². The van der Waals surface area contributed by atoms with Crippen LogP contribution in [0.2, 0.25) is 0 Å². The van der Waals surface area contributed by atoms with Crippen molar-refractivity contribution in [3.05, 3.63) is 24.6 Å². The number of hydrogen-bond acceptors (Lipinski definition) is 4. The molecular weight excluding hydrogens is 144 g/mol. The van der Waals surface area contributed by atoms with Crippen LogP contribution in [-0.4, -0.2) is 19.0 Å². The van der Waals surface area contributed by atoms with Gasteiger partial charge in [-0.25, -0.2) is 0 Å². The summed E-state index contributed by atoms with van der Waals surface area (Å²) in [6, 6.07) is 1.73. The molecule has 0 aliphatic heterocycles. The molecule has 0 amide bonds. The molecule has 0 radical (unpaired) electrons. The summed E-state index contributed by atoms with van der Waals surface area (Å²) in [6.07, 6.45) is 1.56. The maximum atomic E-state index is 4.82. The quantitative estimate of drug-likeness (QED) is 0.663. The highest BCUT2D eigenvalue weighted by Crippen LogP contribution is 2.05. The Balaban J connectivity index is 0.00000121. The summed E-state index contributed by atoms with van der Waals surface area (Å²) in [4.78, 5) is 0. The van der Waals surface area contributed by atoms with Gasteiger partial charge in [-0.05, 0) is 0 Å². The molecule has 4 nitrogen and oxygen atoms in total. The maximum absolute atomic E-state index is 4.82. The van der Waals surface area contributed by atoms with E-state index in [1.165, 1.54) is 0 Å². The Morgan fingerprint density at radius 1 is 2.00 bits per heavy atom. The Hall–Kier alpha value is -1.29. The minimum absolute atomic E-state index is 0. The van der Waals surface area contributed by atoms with Crippen molar-refractivity contribution < 1.29 is 10.7 Å². The fraction of sp³-hybridized carbons (Fsp3) is 0.286. The van der Waals surface area contributed by atoms with Crippen molar-refractivity contribution in [2.24, 2.45) is 0 Å². The van der Waals surface area contributed by atoms with Crippen LogP contribution in [0.3, 0.4) is 0 Å². The monoisotopic (exact) mass is 156 g/mol. The molecule has 0 unspecified atom stereocenters. The topological polar surface area (TPSA) is 47.3 Å². The molecule has 1 rings (SSSR count).